The molecule has 0 heterocycles. The largest absolute Gasteiger partial charge is 0.494 e. The Hall–Kier alpha value is -3.48. The van der Waals surface area contributed by atoms with E-state index in [1.54, 1.807) is 18.2 Å². The topological polar surface area (TPSA) is 61.8 Å². The second-order valence-corrected chi connectivity index (χ2v) is 7.48. The maximum absolute atomic E-state index is 14.8. The van der Waals surface area contributed by atoms with E-state index in [2.05, 4.69) is 13.2 Å². The van der Waals surface area contributed by atoms with Gasteiger partial charge in [0.1, 0.15) is 5.82 Å². The molecule has 0 aromatic heterocycles. The summed E-state index contributed by atoms with van der Waals surface area (Å²) in [5.74, 6) is -2.62. The molecule has 0 radical (unpaired) electrons. The molecule has 0 unspecified atom stereocenters. The number of esters is 2. The van der Waals surface area contributed by atoms with Crippen molar-refractivity contribution in [3.63, 3.8) is 0 Å². The average Bonchev–Trinajstić information content (AvgIpc) is 2.75. The van der Waals surface area contributed by atoms with Gasteiger partial charge in [-0.3, -0.25) is 0 Å². The van der Waals surface area contributed by atoms with Crippen LogP contribution in [0, 0.1) is 17.6 Å². The first-order valence-corrected chi connectivity index (χ1v) is 9.90. The molecule has 0 aliphatic rings. The quantitative estimate of drug-likeness (QED) is 0.380. The SMILES string of the molecule is C=C(C)C(=O)OCC(COC(=O)C(=C)C)Cc1ccc(-c2ccc(OC)c(F)c2)cc1F. The Kier molecular flexibility index (Phi) is 8.70. The van der Waals surface area contributed by atoms with Crippen LogP contribution < -0.4 is 4.74 Å². The van der Waals surface area contributed by atoms with Gasteiger partial charge in [0.05, 0.1) is 20.3 Å². The molecule has 0 N–H and O–H groups in total. The lowest BCUT2D eigenvalue weighted by Gasteiger charge is -2.18. The van der Waals surface area contributed by atoms with Gasteiger partial charge in [-0.25, -0.2) is 18.4 Å². The van der Waals surface area contributed by atoms with Crippen molar-refractivity contribution in [3.8, 4) is 16.9 Å². The van der Waals surface area contributed by atoms with Gasteiger partial charge in [0.25, 0.3) is 0 Å². The van der Waals surface area contributed by atoms with Crippen LogP contribution in [0.1, 0.15) is 19.4 Å². The summed E-state index contributed by atoms with van der Waals surface area (Å²) in [4.78, 5) is 23.5. The van der Waals surface area contributed by atoms with Gasteiger partial charge in [0.15, 0.2) is 11.6 Å². The van der Waals surface area contributed by atoms with E-state index in [1.807, 2.05) is 0 Å². The summed E-state index contributed by atoms with van der Waals surface area (Å²) in [6.07, 6.45) is 0.149. The zero-order chi connectivity index (χ0) is 23.8. The van der Waals surface area contributed by atoms with Crippen molar-refractivity contribution in [3.05, 3.63) is 77.9 Å². The van der Waals surface area contributed by atoms with E-state index in [4.69, 9.17) is 14.2 Å². The van der Waals surface area contributed by atoms with Crippen molar-refractivity contribution in [2.75, 3.05) is 20.3 Å². The second-order valence-electron chi connectivity index (χ2n) is 7.48. The van der Waals surface area contributed by atoms with Crippen LogP contribution in [-0.2, 0) is 25.5 Å². The zero-order valence-electron chi connectivity index (χ0n) is 18.4. The van der Waals surface area contributed by atoms with E-state index < -0.39 is 29.5 Å². The minimum Gasteiger partial charge on any atom is -0.494 e. The fourth-order valence-electron chi connectivity index (χ4n) is 2.85. The normalized spacial score (nSPS) is 10.6. The molecule has 0 saturated carbocycles. The molecule has 32 heavy (non-hydrogen) atoms. The van der Waals surface area contributed by atoms with Gasteiger partial charge in [-0.2, -0.15) is 0 Å². The Labute approximate surface area is 186 Å². The number of hydrogen-bond acceptors (Lipinski definition) is 5. The van der Waals surface area contributed by atoms with Crippen LogP contribution in [0.5, 0.6) is 5.75 Å². The van der Waals surface area contributed by atoms with E-state index in [-0.39, 0.29) is 36.5 Å². The summed E-state index contributed by atoms with van der Waals surface area (Å²) in [5.41, 5.74) is 1.78. The fraction of sp³-hybridized carbons (Fsp3) is 0.280. The molecule has 0 bridgehead atoms. The van der Waals surface area contributed by atoms with Gasteiger partial charge in [0.2, 0.25) is 0 Å². The molecule has 0 fully saturated rings. The summed E-state index contributed by atoms with van der Waals surface area (Å²) in [7, 11) is 1.37. The summed E-state index contributed by atoms with van der Waals surface area (Å²) in [6.45, 7) is 9.89. The average molecular weight is 444 g/mol. The van der Waals surface area contributed by atoms with E-state index in [0.717, 1.165) is 0 Å². The summed E-state index contributed by atoms with van der Waals surface area (Å²) in [5, 5.41) is 0. The highest BCUT2D eigenvalue weighted by molar-refractivity contribution is 5.87. The molecule has 0 aliphatic carbocycles. The number of carbonyl (C=O) groups is 2. The van der Waals surface area contributed by atoms with Gasteiger partial charge < -0.3 is 14.2 Å². The number of halogens is 2. The van der Waals surface area contributed by atoms with Crippen molar-refractivity contribution in [2.45, 2.75) is 20.3 Å². The predicted octanol–water partition coefficient (Wildman–Crippen LogP) is 5.04. The van der Waals surface area contributed by atoms with Crippen LogP contribution in [-0.4, -0.2) is 32.3 Å². The smallest absolute Gasteiger partial charge is 0.333 e. The number of hydrogen-bond donors (Lipinski definition) is 0. The lowest BCUT2D eigenvalue weighted by atomic mass is 9.97. The first-order chi connectivity index (χ1) is 15.1. The highest BCUT2D eigenvalue weighted by Crippen LogP contribution is 2.27. The number of rotatable bonds is 10. The molecule has 0 amide bonds. The summed E-state index contributed by atoms with van der Waals surface area (Å²) >= 11 is 0. The number of benzene rings is 2. The maximum Gasteiger partial charge on any atom is 0.333 e. The van der Waals surface area contributed by atoms with Crippen LogP contribution in [0.2, 0.25) is 0 Å². The van der Waals surface area contributed by atoms with Gasteiger partial charge in [-0.05, 0) is 55.2 Å². The van der Waals surface area contributed by atoms with Crippen molar-refractivity contribution in [1.82, 2.24) is 0 Å². The molecule has 7 heteroatoms. The van der Waals surface area contributed by atoms with Crippen LogP contribution in [0.3, 0.4) is 0 Å². The minimum absolute atomic E-state index is 0.0833. The third kappa shape index (κ3) is 6.77. The van der Waals surface area contributed by atoms with Crippen molar-refractivity contribution in [1.29, 1.82) is 0 Å². The number of ether oxygens (including phenoxy) is 3. The van der Waals surface area contributed by atoms with Gasteiger partial charge in [0, 0.05) is 17.1 Å². The molecule has 2 rings (SSSR count). The Bertz CT molecular complexity index is 999. The van der Waals surface area contributed by atoms with Gasteiger partial charge in [-0.15, -0.1) is 0 Å². The molecule has 5 nitrogen and oxygen atoms in total. The molecule has 170 valence electrons. The summed E-state index contributed by atoms with van der Waals surface area (Å²) < 4.78 is 44.1. The van der Waals surface area contributed by atoms with Crippen LogP contribution in [0.4, 0.5) is 8.78 Å². The highest BCUT2D eigenvalue weighted by atomic mass is 19.1. The Morgan fingerprint density at radius 1 is 0.875 bits per heavy atom. The van der Waals surface area contributed by atoms with Crippen molar-refractivity contribution in [2.24, 2.45) is 5.92 Å². The molecular weight excluding hydrogens is 418 g/mol. The van der Waals surface area contributed by atoms with Gasteiger partial charge in [-0.1, -0.05) is 31.4 Å². The molecule has 0 saturated heterocycles. The third-order valence-corrected chi connectivity index (χ3v) is 4.64. The first kappa shape index (κ1) is 24.8. The van der Waals surface area contributed by atoms with E-state index in [9.17, 15) is 18.4 Å². The third-order valence-electron chi connectivity index (χ3n) is 4.64. The molecule has 0 spiro atoms. The molecule has 0 aliphatic heterocycles. The first-order valence-electron chi connectivity index (χ1n) is 9.90. The molecule has 0 atom stereocenters. The van der Waals surface area contributed by atoms with E-state index >= 15 is 0 Å². The van der Waals surface area contributed by atoms with E-state index in [0.29, 0.717) is 16.7 Å². The zero-order valence-corrected chi connectivity index (χ0v) is 18.4. The lowest BCUT2D eigenvalue weighted by molar-refractivity contribution is -0.144. The van der Waals surface area contributed by atoms with Crippen LogP contribution in [0.25, 0.3) is 11.1 Å². The van der Waals surface area contributed by atoms with E-state index in [1.165, 1.54) is 39.2 Å². The lowest BCUT2D eigenvalue weighted by Crippen LogP contribution is -2.23. The Morgan fingerprint density at radius 2 is 1.38 bits per heavy atom. The van der Waals surface area contributed by atoms with Crippen molar-refractivity contribution < 1.29 is 32.6 Å². The van der Waals surface area contributed by atoms with Crippen molar-refractivity contribution >= 4 is 11.9 Å². The molecular formula is C25H26F2O5. The molecule has 2 aromatic rings. The standard InChI is InChI=1S/C25H26F2O5/c1-15(2)24(28)31-13-17(14-32-25(29)16(3)4)10-20-7-6-18(11-21(20)26)19-8-9-23(30-5)22(27)12-19/h6-9,11-12,17H,1,3,10,13-14H2,2,4-5H3. The summed E-state index contributed by atoms with van der Waals surface area (Å²) in [6, 6.07) is 8.90. The monoisotopic (exact) mass is 444 g/mol. The minimum atomic E-state index is -0.585. The fourth-order valence-corrected chi connectivity index (χ4v) is 2.85. The highest BCUT2D eigenvalue weighted by Gasteiger charge is 2.19. The number of methoxy groups -OCH3 is 1. The van der Waals surface area contributed by atoms with Gasteiger partial charge >= 0.3 is 11.9 Å². The maximum atomic E-state index is 14.8. The van der Waals surface area contributed by atoms with Crippen LogP contribution in [0.15, 0.2) is 60.7 Å². The number of carbonyl (C=O) groups excluding carboxylic acids is 2. The Morgan fingerprint density at radius 3 is 1.81 bits per heavy atom. The Balaban J connectivity index is 2.18. The second kappa shape index (κ2) is 11.2. The van der Waals surface area contributed by atoms with Crippen LogP contribution >= 0.6 is 0 Å². The predicted molar refractivity (Wildman–Crippen MR) is 117 cm³/mol. The molecule has 2 aromatic carbocycles.